The van der Waals surface area contributed by atoms with Gasteiger partial charge in [-0.1, -0.05) is 12.8 Å². The molecular weight excluding hydrogens is 411 g/mol. The van der Waals surface area contributed by atoms with E-state index in [1.54, 1.807) is 0 Å². The molecule has 1 saturated carbocycles. The molecule has 1 spiro atoms. The van der Waals surface area contributed by atoms with Crippen LogP contribution in [0.4, 0.5) is 0 Å². The van der Waals surface area contributed by atoms with Gasteiger partial charge < -0.3 is 15.1 Å². The van der Waals surface area contributed by atoms with Crippen molar-refractivity contribution in [1.29, 1.82) is 0 Å². The Morgan fingerprint density at radius 3 is 2.50 bits per heavy atom. The normalized spacial score (nSPS) is 25.2. The predicted octanol–water partition coefficient (Wildman–Crippen LogP) is 3.57. The molecule has 0 aromatic heterocycles. The van der Waals surface area contributed by atoms with Crippen LogP contribution in [0.2, 0.25) is 0 Å². The van der Waals surface area contributed by atoms with Crippen LogP contribution < -0.4 is 5.32 Å². The van der Waals surface area contributed by atoms with Crippen LogP contribution in [0.1, 0.15) is 58.3 Å². The summed E-state index contributed by atoms with van der Waals surface area (Å²) in [6.45, 7) is 9.16. The number of hydrogen-bond acceptors (Lipinski definition) is 2. The second-order valence-electron chi connectivity index (χ2n) is 8.15. The van der Waals surface area contributed by atoms with Gasteiger partial charge in [0.2, 0.25) is 0 Å². The number of nitrogens with zero attached hydrogens (tertiary/aromatic N) is 3. The fourth-order valence-corrected chi connectivity index (χ4v) is 4.78. The van der Waals surface area contributed by atoms with Gasteiger partial charge in [-0.25, -0.2) is 0 Å². The van der Waals surface area contributed by atoms with E-state index < -0.39 is 0 Å². The maximum atomic E-state index is 4.98. The van der Waals surface area contributed by atoms with Crippen LogP contribution in [0.25, 0.3) is 0 Å². The molecule has 3 rings (SSSR count). The summed E-state index contributed by atoms with van der Waals surface area (Å²) < 4.78 is 0. The zero-order valence-electron chi connectivity index (χ0n) is 15.7. The first-order chi connectivity index (χ1) is 11.2. The van der Waals surface area contributed by atoms with Crippen LogP contribution in [0.15, 0.2) is 4.99 Å². The molecule has 3 aliphatic rings. The van der Waals surface area contributed by atoms with Crippen molar-refractivity contribution in [2.45, 2.75) is 58.3 Å². The summed E-state index contributed by atoms with van der Waals surface area (Å²) in [5, 5.41) is 3.54. The standard InChI is InChI=1S/C19H36N4.HI/c1-3-20-18(21-12-6-17-7-13-22(2)14-8-17)23-15-11-19(16-23)9-4-5-10-19;/h17H,3-16H2,1-2H3,(H,20,21);1H. The molecule has 2 heterocycles. The topological polar surface area (TPSA) is 30.9 Å². The molecule has 0 bridgehead atoms. The third kappa shape index (κ3) is 5.23. The zero-order valence-corrected chi connectivity index (χ0v) is 18.1. The number of nitrogens with one attached hydrogen (secondary N) is 1. The largest absolute Gasteiger partial charge is 0.357 e. The lowest BCUT2D eigenvalue weighted by atomic mass is 9.86. The van der Waals surface area contributed by atoms with E-state index in [-0.39, 0.29) is 24.0 Å². The molecule has 1 N–H and O–H groups in total. The molecule has 5 heteroatoms. The Morgan fingerprint density at radius 2 is 1.83 bits per heavy atom. The molecule has 4 nitrogen and oxygen atoms in total. The van der Waals surface area contributed by atoms with Gasteiger partial charge >= 0.3 is 0 Å². The van der Waals surface area contributed by atoms with E-state index in [1.807, 2.05) is 0 Å². The summed E-state index contributed by atoms with van der Waals surface area (Å²) in [5.41, 5.74) is 0.629. The van der Waals surface area contributed by atoms with Crippen LogP contribution in [-0.4, -0.2) is 62.1 Å². The van der Waals surface area contributed by atoms with Gasteiger partial charge in [0.1, 0.15) is 0 Å². The molecule has 1 aliphatic carbocycles. The highest BCUT2D eigenvalue weighted by molar-refractivity contribution is 14.0. The lowest BCUT2D eigenvalue weighted by molar-refractivity contribution is 0.214. The fourth-order valence-electron chi connectivity index (χ4n) is 4.78. The molecule has 2 saturated heterocycles. The Labute approximate surface area is 165 Å². The van der Waals surface area contributed by atoms with Crippen molar-refractivity contribution < 1.29 is 0 Å². The SMILES string of the molecule is CCNC(=NCCC1CCN(C)CC1)N1CCC2(CCCC2)C1.I. The second-order valence-corrected chi connectivity index (χ2v) is 8.15. The molecule has 0 unspecified atom stereocenters. The van der Waals surface area contributed by atoms with Crippen molar-refractivity contribution in [2.75, 3.05) is 46.3 Å². The van der Waals surface area contributed by atoms with Crippen LogP contribution in [0, 0.1) is 11.3 Å². The average Bonchev–Trinajstić information content (AvgIpc) is 3.19. The first-order valence-corrected chi connectivity index (χ1v) is 9.93. The van der Waals surface area contributed by atoms with Crippen LogP contribution in [-0.2, 0) is 0 Å². The molecular formula is C19H37IN4. The lowest BCUT2D eigenvalue weighted by Crippen LogP contribution is -2.41. The summed E-state index contributed by atoms with van der Waals surface area (Å²) in [6, 6.07) is 0. The van der Waals surface area contributed by atoms with E-state index in [0.29, 0.717) is 5.41 Å². The third-order valence-corrected chi connectivity index (χ3v) is 6.37. The Hall–Kier alpha value is -0.0400. The van der Waals surface area contributed by atoms with E-state index >= 15 is 0 Å². The molecule has 3 fully saturated rings. The van der Waals surface area contributed by atoms with Crippen LogP contribution >= 0.6 is 24.0 Å². The summed E-state index contributed by atoms with van der Waals surface area (Å²) in [4.78, 5) is 9.98. The molecule has 0 aromatic rings. The number of halogens is 1. The fraction of sp³-hybridized carbons (Fsp3) is 0.947. The monoisotopic (exact) mass is 448 g/mol. The summed E-state index contributed by atoms with van der Waals surface area (Å²) >= 11 is 0. The highest BCUT2D eigenvalue weighted by Gasteiger charge is 2.41. The van der Waals surface area contributed by atoms with E-state index in [9.17, 15) is 0 Å². The van der Waals surface area contributed by atoms with Crippen LogP contribution in [0.3, 0.4) is 0 Å². The minimum absolute atomic E-state index is 0. The quantitative estimate of drug-likeness (QED) is 0.405. The maximum Gasteiger partial charge on any atom is 0.193 e. The number of guanidine groups is 1. The maximum absolute atomic E-state index is 4.98. The van der Waals surface area contributed by atoms with Gasteiger partial charge in [0.25, 0.3) is 0 Å². The van der Waals surface area contributed by atoms with E-state index in [0.717, 1.165) is 19.0 Å². The highest BCUT2D eigenvalue weighted by atomic mass is 127. The minimum Gasteiger partial charge on any atom is -0.357 e. The summed E-state index contributed by atoms with van der Waals surface area (Å²) in [7, 11) is 2.24. The van der Waals surface area contributed by atoms with E-state index in [4.69, 9.17) is 4.99 Å². The third-order valence-electron chi connectivity index (χ3n) is 6.37. The molecule has 0 amide bonds. The van der Waals surface area contributed by atoms with Crippen molar-refractivity contribution in [3.8, 4) is 0 Å². The summed E-state index contributed by atoms with van der Waals surface area (Å²) in [6.07, 6.45) is 11.1. The molecule has 0 radical (unpaired) electrons. The number of hydrogen-bond donors (Lipinski definition) is 1. The molecule has 0 atom stereocenters. The van der Waals surface area contributed by atoms with Gasteiger partial charge in [0.05, 0.1) is 0 Å². The van der Waals surface area contributed by atoms with Gasteiger partial charge in [-0.3, -0.25) is 4.99 Å². The average molecular weight is 448 g/mol. The number of likely N-dealkylation sites (tertiary alicyclic amines) is 2. The van der Waals surface area contributed by atoms with Crippen molar-refractivity contribution in [2.24, 2.45) is 16.3 Å². The van der Waals surface area contributed by atoms with Crippen molar-refractivity contribution in [1.82, 2.24) is 15.1 Å². The first-order valence-electron chi connectivity index (χ1n) is 9.93. The smallest absolute Gasteiger partial charge is 0.193 e. The Bertz CT molecular complexity index is 398. The minimum atomic E-state index is 0. The van der Waals surface area contributed by atoms with Crippen molar-refractivity contribution in [3.63, 3.8) is 0 Å². The van der Waals surface area contributed by atoms with Gasteiger partial charge in [-0.05, 0) is 76.9 Å². The van der Waals surface area contributed by atoms with Crippen molar-refractivity contribution in [3.05, 3.63) is 0 Å². The van der Waals surface area contributed by atoms with Gasteiger partial charge in [0, 0.05) is 26.2 Å². The second kappa shape index (κ2) is 9.60. The Balaban J connectivity index is 0.00000208. The molecule has 140 valence electrons. The number of aliphatic imine (C=N–C) groups is 1. The molecule has 24 heavy (non-hydrogen) atoms. The van der Waals surface area contributed by atoms with Crippen LogP contribution in [0.5, 0.6) is 0 Å². The van der Waals surface area contributed by atoms with Gasteiger partial charge in [-0.2, -0.15) is 0 Å². The molecule has 0 aromatic carbocycles. The number of piperidine rings is 1. The number of rotatable bonds is 4. The van der Waals surface area contributed by atoms with Gasteiger partial charge in [0.15, 0.2) is 5.96 Å². The predicted molar refractivity (Wildman–Crippen MR) is 113 cm³/mol. The Morgan fingerprint density at radius 1 is 1.12 bits per heavy atom. The van der Waals surface area contributed by atoms with E-state index in [1.165, 1.54) is 83.5 Å². The van der Waals surface area contributed by atoms with E-state index in [2.05, 4.69) is 29.1 Å². The first kappa shape index (κ1) is 20.3. The van der Waals surface area contributed by atoms with Crippen molar-refractivity contribution >= 4 is 29.9 Å². The molecule has 2 aliphatic heterocycles. The Kier molecular flexibility index (Phi) is 8.11. The zero-order chi connectivity index (χ0) is 16.1. The summed E-state index contributed by atoms with van der Waals surface area (Å²) in [5.74, 6) is 2.07. The highest BCUT2D eigenvalue weighted by Crippen LogP contribution is 2.45. The van der Waals surface area contributed by atoms with Gasteiger partial charge in [-0.15, -0.1) is 24.0 Å². The lowest BCUT2D eigenvalue weighted by Gasteiger charge is -2.29.